The maximum absolute atomic E-state index is 13.9. The number of ketones is 1. The van der Waals surface area contributed by atoms with E-state index in [-0.39, 0.29) is 11.2 Å². The molecule has 0 saturated heterocycles. The van der Waals surface area contributed by atoms with Gasteiger partial charge in [0.25, 0.3) is 0 Å². The number of quaternary nitrogens is 1. The number of anilines is 3. The highest BCUT2D eigenvalue weighted by Gasteiger charge is 2.26. The topological polar surface area (TPSA) is 89.3 Å². The molecular weight excluding hydrogens is 572 g/mol. The number of benzene rings is 4. The van der Waals surface area contributed by atoms with Crippen LogP contribution in [0.25, 0.3) is 21.8 Å². The molecule has 8 heteroatoms. The maximum Gasteiger partial charge on any atom is 0.197 e. The molecule has 0 radical (unpaired) electrons. The fraction of sp³-hybridized carbons (Fsp3) is 0.316. The molecule has 4 N–H and O–H groups in total. The highest BCUT2D eigenvalue weighted by atomic mass is 16.1. The van der Waals surface area contributed by atoms with Crippen molar-refractivity contribution in [1.82, 2.24) is 19.7 Å². The van der Waals surface area contributed by atoms with Crippen LogP contribution in [0.1, 0.15) is 46.0 Å². The molecule has 1 heterocycles. The molecular formula is C38H45N6O2+. The third kappa shape index (κ3) is 6.42. The minimum Gasteiger partial charge on any atom is -0.385 e. The molecule has 0 unspecified atom stereocenters. The molecule has 8 nitrogen and oxygen atoms in total. The third-order valence-electron chi connectivity index (χ3n) is 8.93. The Kier molecular flexibility index (Phi) is 8.70. The lowest BCUT2D eigenvalue weighted by Gasteiger charge is -2.30. The number of hydrogen-bond donors (Lipinski definition) is 4. The Bertz CT molecular complexity index is 2010. The summed E-state index contributed by atoms with van der Waals surface area (Å²) in [4.78, 5) is 32.9. The lowest BCUT2D eigenvalue weighted by atomic mass is 9.84. The van der Waals surface area contributed by atoms with Gasteiger partial charge in [0.15, 0.2) is 11.2 Å². The summed E-state index contributed by atoms with van der Waals surface area (Å²) in [5.41, 5.74) is 9.76. The van der Waals surface area contributed by atoms with Gasteiger partial charge in [-0.25, -0.2) is 0 Å². The second-order valence-electron chi connectivity index (χ2n) is 13.4. The van der Waals surface area contributed by atoms with Crippen molar-refractivity contribution in [3.8, 4) is 0 Å². The van der Waals surface area contributed by atoms with Gasteiger partial charge in [0.2, 0.25) is 0 Å². The summed E-state index contributed by atoms with van der Waals surface area (Å²) in [6, 6.07) is 22.2. The number of nitrogens with zero attached hydrogens (tertiary/aromatic N) is 2. The van der Waals surface area contributed by atoms with E-state index in [4.69, 9.17) is 0 Å². The number of H-pyrrole nitrogens is 1. The van der Waals surface area contributed by atoms with Crippen LogP contribution in [-0.2, 0) is 6.42 Å². The summed E-state index contributed by atoms with van der Waals surface area (Å²) in [5.74, 6) is -0.0212. The first-order chi connectivity index (χ1) is 22.0. The second kappa shape index (κ2) is 12.7. The van der Waals surface area contributed by atoms with Gasteiger partial charge < -0.3 is 20.5 Å². The van der Waals surface area contributed by atoms with Crippen molar-refractivity contribution >= 4 is 50.3 Å². The molecule has 1 aromatic heterocycles. The average molecular weight is 618 g/mol. The Morgan fingerprint density at radius 2 is 1.59 bits per heavy atom. The summed E-state index contributed by atoms with van der Waals surface area (Å²) >= 11 is 0. The van der Waals surface area contributed by atoms with Gasteiger partial charge in [-0.15, -0.1) is 0 Å². The first-order valence-electron chi connectivity index (χ1n) is 16.1. The van der Waals surface area contributed by atoms with Gasteiger partial charge in [-0.05, 0) is 101 Å². The number of hydrogen-bond acceptors (Lipinski definition) is 6. The highest BCUT2D eigenvalue weighted by molar-refractivity contribution is 6.14. The van der Waals surface area contributed by atoms with Crippen LogP contribution < -0.4 is 25.9 Å². The Hall–Kier alpha value is -4.50. The van der Waals surface area contributed by atoms with Crippen LogP contribution in [0.4, 0.5) is 22.7 Å². The second-order valence-corrected chi connectivity index (χ2v) is 13.4. The van der Waals surface area contributed by atoms with Crippen LogP contribution >= 0.6 is 0 Å². The number of nitrogens with one attached hydrogen (secondary N) is 4. The van der Waals surface area contributed by atoms with E-state index in [1.54, 1.807) is 0 Å². The summed E-state index contributed by atoms with van der Waals surface area (Å²) in [6.07, 6.45) is 1.65. The molecule has 0 aliphatic heterocycles. The molecule has 0 amide bonds. The van der Waals surface area contributed by atoms with Gasteiger partial charge in [-0.3, -0.25) is 19.4 Å². The van der Waals surface area contributed by atoms with Crippen molar-refractivity contribution in [3.63, 3.8) is 0 Å². The van der Waals surface area contributed by atoms with Crippen LogP contribution in [0, 0.1) is 6.92 Å². The lowest BCUT2D eigenvalue weighted by Crippen LogP contribution is -2.47. The van der Waals surface area contributed by atoms with Crippen LogP contribution in [0.3, 0.4) is 0 Å². The molecule has 1 aliphatic carbocycles. The summed E-state index contributed by atoms with van der Waals surface area (Å²) in [5, 5.41) is 12.0. The third-order valence-corrected chi connectivity index (χ3v) is 8.93. The minimum absolute atomic E-state index is 0.00546. The number of aromatic amines is 1. The average Bonchev–Trinajstić information content (AvgIpc) is 3.02. The van der Waals surface area contributed by atoms with E-state index in [9.17, 15) is 9.59 Å². The van der Waals surface area contributed by atoms with Crippen molar-refractivity contribution in [2.45, 2.75) is 26.7 Å². The fourth-order valence-electron chi connectivity index (χ4n) is 6.32. The minimum atomic E-state index is -0.0212. The predicted molar refractivity (Wildman–Crippen MR) is 193 cm³/mol. The van der Waals surface area contributed by atoms with Crippen LogP contribution in [0.2, 0.25) is 0 Å². The van der Waals surface area contributed by atoms with Crippen LogP contribution in [0.15, 0.2) is 71.5 Å². The van der Waals surface area contributed by atoms with E-state index in [0.717, 1.165) is 72.0 Å². The molecule has 0 fully saturated rings. The lowest BCUT2D eigenvalue weighted by molar-refractivity contribution is 0.103. The molecule has 0 spiro atoms. The van der Waals surface area contributed by atoms with E-state index in [1.807, 2.05) is 55.5 Å². The zero-order chi connectivity index (χ0) is 32.6. The van der Waals surface area contributed by atoms with E-state index < -0.39 is 0 Å². The first kappa shape index (κ1) is 31.5. The van der Waals surface area contributed by atoms with E-state index >= 15 is 0 Å². The van der Waals surface area contributed by atoms with Crippen LogP contribution in [0.5, 0.6) is 0 Å². The largest absolute Gasteiger partial charge is 0.385 e. The molecule has 4 aromatic carbocycles. The number of aryl methyl sites for hydroxylation is 1. The summed E-state index contributed by atoms with van der Waals surface area (Å²) in [7, 11) is 8.59. The molecule has 46 heavy (non-hydrogen) atoms. The number of carbonyl (C=O) groups excluding carboxylic acids is 1. The predicted octanol–water partition coefficient (Wildman–Crippen LogP) is 6.37. The quantitative estimate of drug-likeness (QED) is 0.0585. The first-order valence-corrected chi connectivity index (χ1v) is 16.1. The number of aromatic nitrogens is 1. The van der Waals surface area contributed by atoms with Crippen molar-refractivity contribution < 1.29 is 4.79 Å². The standard InChI is InChI=1S/C38H44N6O2/c1-7-39-23-44(5,6)30-19-28(40-13-8-14-43(3)4)18-29(20-30)41-27-11-10-25-16-26-17-34-36(22-32(26)37(45)31(25)21-27)42-35-12-9-24(2)15-33(35)38(34)46/h9-12,15,17-22,39-41H,7-8,13-14,16,23H2,1-6H3/p+1. The monoisotopic (exact) mass is 617 g/mol. The molecule has 5 aromatic rings. The molecule has 1 aliphatic rings. The Morgan fingerprint density at radius 3 is 2.37 bits per heavy atom. The van der Waals surface area contributed by atoms with Crippen molar-refractivity contribution in [2.75, 3.05) is 65.1 Å². The van der Waals surface area contributed by atoms with Crippen molar-refractivity contribution in [2.24, 2.45) is 0 Å². The van der Waals surface area contributed by atoms with E-state index in [2.05, 4.69) is 79.1 Å². The molecule has 0 saturated carbocycles. The molecule has 6 rings (SSSR count). The van der Waals surface area contributed by atoms with Gasteiger partial charge in [-0.1, -0.05) is 24.6 Å². The molecule has 0 atom stereocenters. The van der Waals surface area contributed by atoms with Crippen molar-refractivity contribution in [3.05, 3.63) is 105 Å². The van der Waals surface area contributed by atoms with Crippen LogP contribution in [-0.4, -0.2) is 70.2 Å². The number of rotatable bonds is 11. The van der Waals surface area contributed by atoms with Gasteiger partial charge in [0.05, 0.1) is 19.6 Å². The normalized spacial score (nSPS) is 12.9. The zero-order valence-corrected chi connectivity index (χ0v) is 27.8. The fourth-order valence-corrected chi connectivity index (χ4v) is 6.32. The van der Waals surface area contributed by atoms with E-state index in [1.165, 1.54) is 5.69 Å². The maximum atomic E-state index is 13.9. The van der Waals surface area contributed by atoms with Gasteiger partial charge in [-0.2, -0.15) is 0 Å². The smallest absolute Gasteiger partial charge is 0.197 e. The van der Waals surface area contributed by atoms with Crippen molar-refractivity contribution in [1.29, 1.82) is 0 Å². The number of pyridine rings is 1. The Balaban J connectivity index is 1.31. The number of carbonyl (C=O) groups is 1. The van der Waals surface area contributed by atoms with Gasteiger partial charge >= 0.3 is 0 Å². The number of fused-ring (bicyclic) bond motifs is 4. The molecule has 0 bridgehead atoms. The zero-order valence-electron chi connectivity index (χ0n) is 27.8. The van der Waals surface area contributed by atoms with Gasteiger partial charge in [0, 0.05) is 63.2 Å². The van der Waals surface area contributed by atoms with Gasteiger partial charge in [0.1, 0.15) is 12.4 Å². The highest BCUT2D eigenvalue weighted by Crippen LogP contribution is 2.34. The molecule has 238 valence electrons. The Labute approximate surface area is 271 Å². The SMILES string of the molecule is CCNC[N+](C)(C)c1cc(NCCCN(C)C)cc(Nc2ccc3c(c2)C(=O)c2cc4[nH]c5ccc(C)cc5c(=O)c4cc2C3)c1. The summed E-state index contributed by atoms with van der Waals surface area (Å²) in [6.45, 7) is 7.72. The summed E-state index contributed by atoms with van der Waals surface area (Å²) < 4.78 is 0.681. The Morgan fingerprint density at radius 1 is 0.826 bits per heavy atom. The van der Waals surface area contributed by atoms with E-state index in [0.29, 0.717) is 38.3 Å².